The summed E-state index contributed by atoms with van der Waals surface area (Å²) in [6.07, 6.45) is 7.73. The topological polar surface area (TPSA) is 78.6 Å². The maximum atomic E-state index is 11.9. The number of aliphatic imine (C=N–C) groups is 2. The van der Waals surface area contributed by atoms with Crippen LogP contribution in [0.3, 0.4) is 0 Å². The summed E-state index contributed by atoms with van der Waals surface area (Å²) in [5, 5.41) is 23.7. The van der Waals surface area contributed by atoms with Crippen molar-refractivity contribution in [2.24, 2.45) is 24.1 Å². The Kier molecular flexibility index (Phi) is 11.5. The Morgan fingerprint density at radius 3 is 1.60 bits per heavy atom. The molecule has 0 radical (unpaired) electrons. The lowest BCUT2D eigenvalue weighted by atomic mass is 10.3. The first-order chi connectivity index (χ1) is 11.1. The van der Waals surface area contributed by atoms with Crippen molar-refractivity contribution in [3.8, 4) is 0 Å². The zero-order valence-corrected chi connectivity index (χ0v) is 18.8. The molecule has 2 heterocycles. The molecule has 2 aromatic heterocycles. The first kappa shape index (κ1) is 23.7. The monoisotopic (exact) mass is 568 g/mol. The van der Waals surface area contributed by atoms with Crippen molar-refractivity contribution in [1.82, 2.24) is 0 Å². The summed E-state index contributed by atoms with van der Waals surface area (Å²) in [5.41, 5.74) is 1.11. The Morgan fingerprint density at radius 1 is 0.840 bits per heavy atom. The lowest BCUT2D eigenvalue weighted by Crippen LogP contribution is -2.30. The summed E-state index contributed by atoms with van der Waals surface area (Å²) in [4.78, 5) is 7.98. The van der Waals surface area contributed by atoms with Crippen LogP contribution in [0, 0.1) is 0 Å². The first-order valence-corrected chi connectivity index (χ1v) is 7.40. The van der Waals surface area contributed by atoms with E-state index < -0.39 is 0 Å². The van der Waals surface area contributed by atoms with Crippen LogP contribution in [0.4, 0.5) is 0 Å². The van der Waals surface area contributed by atoms with Gasteiger partial charge in [0.1, 0.15) is 14.1 Å². The fourth-order valence-electron chi connectivity index (χ4n) is 2.04. The van der Waals surface area contributed by atoms with E-state index in [2.05, 4.69) is 9.98 Å². The van der Waals surface area contributed by atoms with Crippen LogP contribution in [0.15, 0.2) is 59.0 Å². The number of pyridine rings is 2. The van der Waals surface area contributed by atoms with Crippen LogP contribution >= 0.6 is 48.0 Å². The number of hydrogen-bond acceptors (Lipinski definition) is 4. The van der Waals surface area contributed by atoms with Crippen molar-refractivity contribution in [2.45, 2.75) is 6.42 Å². The van der Waals surface area contributed by atoms with E-state index >= 15 is 0 Å². The van der Waals surface area contributed by atoms with E-state index in [-0.39, 0.29) is 59.7 Å². The molecule has 2 aromatic rings. The Bertz CT molecular complexity index is 675. The summed E-state index contributed by atoms with van der Waals surface area (Å²) in [6, 6.07) is 7.07. The van der Waals surface area contributed by atoms with E-state index in [0.717, 1.165) is 0 Å². The van der Waals surface area contributed by atoms with Crippen LogP contribution < -0.4 is 19.3 Å². The maximum Gasteiger partial charge on any atom is 0.176 e. The van der Waals surface area contributed by atoms with E-state index in [1.807, 2.05) is 26.5 Å². The lowest BCUT2D eigenvalue weighted by molar-refractivity contribution is -0.671. The second-order valence-corrected chi connectivity index (χ2v) is 5.24. The molecule has 6 nitrogen and oxygen atoms in total. The van der Waals surface area contributed by atoms with Crippen LogP contribution in [-0.4, -0.2) is 24.9 Å². The summed E-state index contributed by atoms with van der Waals surface area (Å²) < 4.78 is 3.60. The normalized spacial score (nSPS) is 11.4. The van der Waals surface area contributed by atoms with Gasteiger partial charge in [0.2, 0.25) is 0 Å². The number of rotatable bonds is 6. The Morgan fingerprint density at radius 2 is 1.24 bits per heavy atom. The SMILES string of the molecule is C[n+]1cccc(C([O-])=NCCCN=C([O-])c2ccc[n+](C)c2)c1.I.I. The zero-order valence-electron chi connectivity index (χ0n) is 14.2. The predicted molar refractivity (Wildman–Crippen MR) is 113 cm³/mol. The molecule has 0 saturated carbocycles. The average molecular weight is 568 g/mol. The standard InChI is InChI=1S/C17H20N4O2.2HI/c1-20-10-3-6-14(12-20)16(22)18-8-5-9-19-17(23)15-7-4-11-21(2)13-15;;/h3-4,6-7,10-13H,5,8-9H2,1-2H3;2*1H. The largest absolute Gasteiger partial charge is 0.858 e. The molecule has 0 aromatic carbocycles. The molecule has 0 unspecified atom stereocenters. The van der Waals surface area contributed by atoms with E-state index in [1.54, 1.807) is 45.8 Å². The third-order valence-electron chi connectivity index (χ3n) is 3.20. The van der Waals surface area contributed by atoms with Gasteiger partial charge in [0.05, 0.1) is 0 Å². The van der Waals surface area contributed by atoms with Gasteiger partial charge in [0.25, 0.3) is 0 Å². The van der Waals surface area contributed by atoms with Crippen molar-refractivity contribution in [1.29, 1.82) is 0 Å². The molecule has 0 N–H and O–H groups in total. The molecule has 0 aliphatic carbocycles. The molecule has 8 heteroatoms. The fourth-order valence-corrected chi connectivity index (χ4v) is 2.04. The van der Waals surface area contributed by atoms with Gasteiger partial charge >= 0.3 is 0 Å². The van der Waals surface area contributed by atoms with Crippen LogP contribution in [0.25, 0.3) is 0 Å². The zero-order chi connectivity index (χ0) is 16.7. The minimum absolute atomic E-state index is 0. The van der Waals surface area contributed by atoms with Crippen molar-refractivity contribution in [3.63, 3.8) is 0 Å². The van der Waals surface area contributed by atoms with Crippen molar-refractivity contribution < 1.29 is 19.3 Å². The molecule has 0 aliphatic rings. The van der Waals surface area contributed by atoms with E-state index in [9.17, 15) is 10.2 Å². The molecule has 0 aliphatic heterocycles. The Labute approximate surface area is 182 Å². The maximum absolute atomic E-state index is 11.9. The third-order valence-corrected chi connectivity index (χ3v) is 3.20. The molecule has 0 amide bonds. The Hall–Kier alpha value is -1.30. The molecule has 0 spiro atoms. The minimum Gasteiger partial charge on any atom is -0.858 e. The molecular formula is C17H22I2N4O2. The average Bonchev–Trinajstić information content (AvgIpc) is 2.54. The molecule has 0 bridgehead atoms. The van der Waals surface area contributed by atoms with Gasteiger partial charge in [-0.1, -0.05) is 0 Å². The van der Waals surface area contributed by atoms with Crippen LogP contribution in [0.1, 0.15) is 17.5 Å². The lowest BCUT2D eigenvalue weighted by Gasteiger charge is -2.10. The molecule has 0 saturated heterocycles. The number of halogens is 2. The van der Waals surface area contributed by atoms with E-state index in [4.69, 9.17) is 0 Å². The summed E-state index contributed by atoms with van der Waals surface area (Å²) in [7, 11) is 3.70. The van der Waals surface area contributed by atoms with E-state index in [1.165, 1.54) is 0 Å². The van der Waals surface area contributed by atoms with E-state index in [0.29, 0.717) is 30.6 Å². The fraction of sp³-hybridized carbons (Fsp3) is 0.294. The Balaban J connectivity index is 0.00000288. The molecule has 0 fully saturated rings. The first-order valence-electron chi connectivity index (χ1n) is 7.40. The molecule has 0 atom stereocenters. The highest BCUT2D eigenvalue weighted by Gasteiger charge is 1.98. The summed E-state index contributed by atoms with van der Waals surface area (Å²) >= 11 is 0. The van der Waals surface area contributed by atoms with Crippen LogP contribution in [0.2, 0.25) is 0 Å². The van der Waals surface area contributed by atoms with Crippen molar-refractivity contribution in [2.75, 3.05) is 13.1 Å². The highest BCUT2D eigenvalue weighted by atomic mass is 127. The van der Waals surface area contributed by atoms with Crippen molar-refractivity contribution in [3.05, 3.63) is 60.2 Å². The predicted octanol–water partition coefficient (Wildman–Crippen LogP) is -0.124. The molecule has 136 valence electrons. The van der Waals surface area contributed by atoms with Gasteiger partial charge < -0.3 is 20.2 Å². The second kappa shape index (κ2) is 12.1. The number of nitrogens with zero attached hydrogens (tertiary/aromatic N) is 4. The molecular weight excluding hydrogens is 546 g/mol. The summed E-state index contributed by atoms with van der Waals surface area (Å²) in [6.45, 7) is 0.716. The van der Waals surface area contributed by atoms with Gasteiger partial charge in [0.15, 0.2) is 24.8 Å². The molecule has 25 heavy (non-hydrogen) atoms. The number of aryl methyl sites for hydroxylation is 2. The minimum atomic E-state index is -0.248. The second-order valence-electron chi connectivity index (χ2n) is 5.24. The third kappa shape index (κ3) is 8.08. The van der Waals surface area contributed by atoms with Gasteiger partial charge in [-0.15, -0.1) is 48.0 Å². The van der Waals surface area contributed by atoms with Gasteiger partial charge in [-0.05, 0) is 30.3 Å². The highest BCUT2D eigenvalue weighted by Crippen LogP contribution is 1.96. The van der Waals surface area contributed by atoms with Gasteiger partial charge in [-0.25, -0.2) is 9.13 Å². The van der Waals surface area contributed by atoms with Crippen molar-refractivity contribution >= 4 is 59.7 Å². The van der Waals surface area contributed by atoms with Gasteiger partial charge in [0, 0.05) is 36.3 Å². The van der Waals surface area contributed by atoms with Gasteiger partial charge in [-0.2, -0.15) is 0 Å². The number of aromatic nitrogens is 2. The molecule has 2 rings (SSSR count). The van der Waals surface area contributed by atoms with Gasteiger partial charge in [-0.3, -0.25) is 0 Å². The van der Waals surface area contributed by atoms with Crippen LogP contribution in [-0.2, 0) is 14.1 Å². The smallest absolute Gasteiger partial charge is 0.176 e. The highest BCUT2D eigenvalue weighted by molar-refractivity contribution is 14.0. The summed E-state index contributed by atoms with van der Waals surface area (Å²) in [5.74, 6) is -0.495. The van der Waals surface area contributed by atoms with Crippen LogP contribution in [0.5, 0.6) is 0 Å². The quantitative estimate of drug-likeness (QED) is 0.160. The number of hydrogen-bond donors (Lipinski definition) is 0.